The van der Waals surface area contributed by atoms with Crippen molar-refractivity contribution in [3.8, 4) is 11.1 Å². The molecule has 3 rings (SSSR count). The lowest BCUT2D eigenvalue weighted by Crippen LogP contribution is -2.47. The summed E-state index contributed by atoms with van der Waals surface area (Å²) in [4.78, 5) is 36.5. The second-order valence-electron chi connectivity index (χ2n) is 9.14. The molecule has 2 atom stereocenters. The molecule has 1 aliphatic rings. The van der Waals surface area contributed by atoms with Crippen LogP contribution in [0.15, 0.2) is 48.5 Å². The molecule has 0 radical (unpaired) electrons. The van der Waals surface area contributed by atoms with E-state index in [-0.39, 0.29) is 24.9 Å². The Hall–Kier alpha value is -3.35. The SMILES string of the molecule is CCCC[C@@H](CC(=O)NC(C(=O)O)C(C)C)NC(=O)OCC1c2ccccc2-c2ccccc21. The van der Waals surface area contributed by atoms with Crippen LogP contribution in [-0.2, 0) is 14.3 Å². The van der Waals surface area contributed by atoms with Gasteiger partial charge >= 0.3 is 12.1 Å². The Kier molecular flexibility index (Phi) is 8.68. The van der Waals surface area contributed by atoms with E-state index in [1.165, 1.54) is 0 Å². The number of nitrogens with one attached hydrogen (secondary N) is 2. The van der Waals surface area contributed by atoms with Crippen LogP contribution in [0.5, 0.6) is 0 Å². The number of ether oxygens (including phenoxy) is 1. The van der Waals surface area contributed by atoms with E-state index in [4.69, 9.17) is 4.74 Å². The Bertz CT molecular complexity index is 974. The number of carboxylic acid groups (broad SMARTS) is 1. The molecule has 7 nitrogen and oxygen atoms in total. The molecule has 0 fully saturated rings. The summed E-state index contributed by atoms with van der Waals surface area (Å²) in [6.07, 6.45) is 1.77. The third-order valence-corrected chi connectivity index (χ3v) is 6.25. The molecule has 0 aliphatic heterocycles. The Morgan fingerprint density at radius 3 is 2.09 bits per heavy atom. The van der Waals surface area contributed by atoms with Crippen molar-refractivity contribution in [3.05, 3.63) is 59.7 Å². The molecule has 2 aromatic carbocycles. The van der Waals surface area contributed by atoms with E-state index in [9.17, 15) is 19.5 Å². The number of carboxylic acids is 1. The third kappa shape index (κ3) is 6.16. The van der Waals surface area contributed by atoms with E-state index in [2.05, 4.69) is 34.9 Å². The van der Waals surface area contributed by atoms with E-state index in [0.29, 0.717) is 6.42 Å². The summed E-state index contributed by atoms with van der Waals surface area (Å²) in [5.74, 6) is -1.76. The summed E-state index contributed by atoms with van der Waals surface area (Å²) >= 11 is 0. The predicted octanol–water partition coefficient (Wildman–Crippen LogP) is 4.70. The molecule has 1 unspecified atom stereocenters. The molecule has 0 aromatic heterocycles. The fourth-order valence-corrected chi connectivity index (χ4v) is 4.45. The van der Waals surface area contributed by atoms with Crippen molar-refractivity contribution in [2.24, 2.45) is 5.92 Å². The molecule has 0 heterocycles. The fraction of sp³-hybridized carbons (Fsp3) is 0.444. The number of carbonyl (C=O) groups excluding carboxylic acids is 2. The van der Waals surface area contributed by atoms with E-state index < -0.39 is 30.1 Å². The molecule has 0 spiro atoms. The first-order valence-electron chi connectivity index (χ1n) is 12.0. The van der Waals surface area contributed by atoms with Crippen molar-refractivity contribution in [1.82, 2.24) is 10.6 Å². The van der Waals surface area contributed by atoms with Gasteiger partial charge in [-0.05, 0) is 34.6 Å². The molecule has 3 N–H and O–H groups in total. The van der Waals surface area contributed by atoms with Gasteiger partial charge in [0.05, 0.1) is 0 Å². The topological polar surface area (TPSA) is 105 Å². The molecular weight excluding hydrogens is 432 g/mol. The Morgan fingerprint density at radius 2 is 1.56 bits per heavy atom. The lowest BCUT2D eigenvalue weighted by Gasteiger charge is -2.22. The number of hydrogen-bond donors (Lipinski definition) is 3. The zero-order chi connectivity index (χ0) is 24.7. The van der Waals surface area contributed by atoms with Gasteiger partial charge in [0.25, 0.3) is 0 Å². The number of hydrogen-bond acceptors (Lipinski definition) is 4. The minimum Gasteiger partial charge on any atom is -0.480 e. The van der Waals surface area contributed by atoms with Crippen LogP contribution in [0.2, 0.25) is 0 Å². The minimum atomic E-state index is -1.07. The number of unbranched alkanes of at least 4 members (excludes halogenated alkanes) is 1. The van der Waals surface area contributed by atoms with E-state index in [1.54, 1.807) is 13.8 Å². The number of benzene rings is 2. The van der Waals surface area contributed by atoms with E-state index in [1.807, 2.05) is 31.2 Å². The molecular formula is C27H34N2O5. The van der Waals surface area contributed by atoms with Crippen LogP contribution in [-0.4, -0.2) is 41.8 Å². The third-order valence-electron chi connectivity index (χ3n) is 6.25. The van der Waals surface area contributed by atoms with E-state index >= 15 is 0 Å². The second-order valence-corrected chi connectivity index (χ2v) is 9.14. The maximum absolute atomic E-state index is 12.7. The van der Waals surface area contributed by atoms with Gasteiger partial charge in [-0.3, -0.25) is 4.79 Å². The fourth-order valence-electron chi connectivity index (χ4n) is 4.45. The number of amides is 2. The molecule has 0 saturated carbocycles. The highest BCUT2D eigenvalue weighted by molar-refractivity contribution is 5.84. The molecule has 34 heavy (non-hydrogen) atoms. The van der Waals surface area contributed by atoms with Crippen molar-refractivity contribution >= 4 is 18.0 Å². The van der Waals surface area contributed by atoms with Crippen molar-refractivity contribution in [2.75, 3.05) is 6.61 Å². The molecule has 0 saturated heterocycles. The van der Waals surface area contributed by atoms with Gasteiger partial charge in [-0.15, -0.1) is 0 Å². The first kappa shape index (κ1) is 25.3. The van der Waals surface area contributed by atoms with E-state index in [0.717, 1.165) is 35.1 Å². The normalized spacial score (nSPS) is 14.1. The van der Waals surface area contributed by atoms with Crippen LogP contribution in [0, 0.1) is 5.92 Å². The van der Waals surface area contributed by atoms with Gasteiger partial charge in [-0.25, -0.2) is 9.59 Å². The molecule has 1 aliphatic carbocycles. The zero-order valence-corrected chi connectivity index (χ0v) is 20.0. The smallest absolute Gasteiger partial charge is 0.407 e. The average Bonchev–Trinajstić information content (AvgIpc) is 3.13. The summed E-state index contributed by atoms with van der Waals surface area (Å²) in [5, 5.41) is 14.7. The summed E-state index contributed by atoms with van der Waals surface area (Å²) in [6.45, 7) is 5.70. The lowest BCUT2D eigenvalue weighted by atomic mass is 9.98. The van der Waals surface area contributed by atoms with Crippen molar-refractivity contribution < 1.29 is 24.2 Å². The molecule has 7 heteroatoms. The van der Waals surface area contributed by atoms with Gasteiger partial charge in [0.1, 0.15) is 12.6 Å². The Morgan fingerprint density at radius 1 is 0.971 bits per heavy atom. The Balaban J connectivity index is 1.61. The monoisotopic (exact) mass is 466 g/mol. The molecule has 0 bridgehead atoms. The highest BCUT2D eigenvalue weighted by Gasteiger charge is 2.30. The van der Waals surface area contributed by atoms with Gasteiger partial charge in [-0.1, -0.05) is 82.1 Å². The quantitative estimate of drug-likeness (QED) is 0.445. The van der Waals surface area contributed by atoms with Crippen molar-refractivity contribution in [2.45, 2.75) is 64.5 Å². The summed E-state index contributed by atoms with van der Waals surface area (Å²) < 4.78 is 5.61. The first-order valence-corrected chi connectivity index (χ1v) is 12.0. The predicted molar refractivity (Wildman–Crippen MR) is 131 cm³/mol. The summed E-state index contributed by atoms with van der Waals surface area (Å²) in [6, 6.07) is 14.9. The zero-order valence-electron chi connectivity index (χ0n) is 20.0. The molecule has 2 amide bonds. The van der Waals surface area contributed by atoms with Crippen LogP contribution < -0.4 is 10.6 Å². The summed E-state index contributed by atoms with van der Waals surface area (Å²) in [7, 11) is 0. The highest BCUT2D eigenvalue weighted by atomic mass is 16.5. The summed E-state index contributed by atoms with van der Waals surface area (Å²) in [5.41, 5.74) is 4.57. The number of alkyl carbamates (subject to hydrolysis) is 1. The minimum absolute atomic E-state index is 0.000690. The van der Waals surface area contributed by atoms with Gasteiger partial charge in [-0.2, -0.15) is 0 Å². The van der Waals surface area contributed by atoms with Gasteiger partial charge in [0, 0.05) is 18.4 Å². The van der Waals surface area contributed by atoms with Crippen molar-refractivity contribution in [3.63, 3.8) is 0 Å². The first-order chi connectivity index (χ1) is 16.3. The molecule has 2 aromatic rings. The number of rotatable bonds is 11. The Labute approximate surface area is 200 Å². The van der Waals surface area contributed by atoms with Crippen LogP contribution in [0.4, 0.5) is 4.79 Å². The van der Waals surface area contributed by atoms with Crippen molar-refractivity contribution in [1.29, 1.82) is 0 Å². The van der Waals surface area contributed by atoms with Crippen LogP contribution in [0.25, 0.3) is 11.1 Å². The van der Waals surface area contributed by atoms with Crippen LogP contribution in [0.1, 0.15) is 63.5 Å². The standard InChI is InChI=1S/C27H34N2O5/c1-4-5-10-18(15-24(30)29-25(17(2)3)26(31)32)28-27(33)34-16-23-21-13-8-6-11-19(21)20-12-7-9-14-22(20)23/h6-9,11-14,17-18,23,25H,4-5,10,15-16H2,1-3H3,(H,28,33)(H,29,30)(H,31,32)/t18-,25?/m0/s1. The van der Waals surface area contributed by atoms with Crippen LogP contribution in [0.3, 0.4) is 0 Å². The number of fused-ring (bicyclic) bond motifs is 3. The highest BCUT2D eigenvalue weighted by Crippen LogP contribution is 2.44. The van der Waals surface area contributed by atoms with Crippen LogP contribution >= 0.6 is 0 Å². The largest absolute Gasteiger partial charge is 0.480 e. The average molecular weight is 467 g/mol. The second kappa shape index (κ2) is 11.7. The lowest BCUT2D eigenvalue weighted by molar-refractivity contribution is -0.143. The maximum Gasteiger partial charge on any atom is 0.407 e. The van der Waals surface area contributed by atoms with Gasteiger partial charge in [0.15, 0.2) is 0 Å². The van der Waals surface area contributed by atoms with Gasteiger partial charge < -0.3 is 20.5 Å². The molecule has 182 valence electrons. The number of aliphatic carboxylic acids is 1. The maximum atomic E-state index is 12.7. The van der Waals surface area contributed by atoms with Gasteiger partial charge in [0.2, 0.25) is 5.91 Å². The number of carbonyl (C=O) groups is 3.